The summed E-state index contributed by atoms with van der Waals surface area (Å²) in [5.41, 5.74) is 0.947. The molecule has 16 heavy (non-hydrogen) atoms. The molecule has 1 aliphatic rings. The molecule has 1 saturated heterocycles. The fourth-order valence-electron chi connectivity index (χ4n) is 1.30. The minimum absolute atomic E-state index is 0.318. The number of halogens is 1. The molecule has 1 aromatic rings. The average molecular weight is 241 g/mol. The second-order valence-corrected chi connectivity index (χ2v) is 4.00. The van der Waals surface area contributed by atoms with Gasteiger partial charge in [-0.05, 0) is 29.8 Å². The maximum absolute atomic E-state index is 5.76. The molecular weight excluding hydrogens is 228 g/mol. The van der Waals surface area contributed by atoms with Crippen molar-refractivity contribution in [3.05, 3.63) is 41.4 Å². The quantitative estimate of drug-likeness (QED) is 0.761. The molecular formula is C12H13ClO3. The van der Waals surface area contributed by atoms with Gasteiger partial charge in [0.05, 0.1) is 13.2 Å². The minimum Gasteiger partial charge on any atom is -0.488 e. The average Bonchev–Trinajstić information content (AvgIpc) is 2.30. The third kappa shape index (κ3) is 3.23. The maximum Gasteiger partial charge on any atom is 0.192 e. The Morgan fingerprint density at radius 1 is 1.25 bits per heavy atom. The van der Waals surface area contributed by atoms with E-state index in [0.29, 0.717) is 24.8 Å². The van der Waals surface area contributed by atoms with Gasteiger partial charge >= 0.3 is 0 Å². The van der Waals surface area contributed by atoms with Crippen LogP contribution in [0.5, 0.6) is 5.75 Å². The Labute approximate surface area is 99.6 Å². The van der Waals surface area contributed by atoms with E-state index in [1.807, 2.05) is 12.1 Å². The lowest BCUT2D eigenvalue weighted by Gasteiger charge is -2.24. The lowest BCUT2D eigenvalue weighted by atomic mass is 10.3. The van der Waals surface area contributed by atoms with E-state index in [1.54, 1.807) is 12.1 Å². The first-order valence-corrected chi connectivity index (χ1v) is 5.40. The van der Waals surface area contributed by atoms with Crippen LogP contribution in [0.4, 0.5) is 0 Å². The predicted octanol–water partition coefficient (Wildman–Crippen LogP) is 2.65. The van der Waals surface area contributed by atoms with Gasteiger partial charge in [-0.15, -0.1) is 0 Å². The fourth-order valence-corrected chi connectivity index (χ4v) is 1.43. The van der Waals surface area contributed by atoms with Crippen molar-refractivity contribution in [3.63, 3.8) is 0 Å². The van der Waals surface area contributed by atoms with E-state index >= 15 is 0 Å². The fraction of sp³-hybridized carbons (Fsp3) is 0.333. The van der Waals surface area contributed by atoms with E-state index in [-0.39, 0.29) is 6.29 Å². The van der Waals surface area contributed by atoms with Gasteiger partial charge in [0.2, 0.25) is 0 Å². The smallest absolute Gasteiger partial charge is 0.192 e. The monoisotopic (exact) mass is 240 g/mol. The van der Waals surface area contributed by atoms with Gasteiger partial charge in [0.1, 0.15) is 12.4 Å². The highest BCUT2D eigenvalue weighted by Crippen LogP contribution is 2.17. The predicted molar refractivity (Wildman–Crippen MR) is 61.8 cm³/mol. The second kappa shape index (κ2) is 5.34. The third-order valence-electron chi connectivity index (χ3n) is 2.15. The lowest BCUT2D eigenvalue weighted by Crippen LogP contribution is -2.31. The molecule has 0 aromatic heterocycles. The van der Waals surface area contributed by atoms with Gasteiger partial charge < -0.3 is 14.2 Å². The van der Waals surface area contributed by atoms with E-state index in [9.17, 15) is 0 Å². The molecule has 0 aliphatic carbocycles. The first-order chi connectivity index (χ1) is 7.74. The van der Waals surface area contributed by atoms with Gasteiger partial charge in [-0.25, -0.2) is 0 Å². The van der Waals surface area contributed by atoms with Crippen LogP contribution in [0.3, 0.4) is 0 Å². The van der Waals surface area contributed by atoms with E-state index in [1.165, 1.54) is 0 Å². The van der Waals surface area contributed by atoms with Crippen LogP contribution in [-0.4, -0.2) is 26.1 Å². The summed E-state index contributed by atoms with van der Waals surface area (Å²) >= 11 is 5.76. The van der Waals surface area contributed by atoms with E-state index in [2.05, 4.69) is 6.58 Å². The molecule has 1 aliphatic heterocycles. The molecule has 3 nitrogen and oxygen atoms in total. The summed E-state index contributed by atoms with van der Waals surface area (Å²) < 4.78 is 16.2. The van der Waals surface area contributed by atoms with Gasteiger partial charge in [0.15, 0.2) is 6.29 Å². The summed E-state index contributed by atoms with van der Waals surface area (Å²) in [6.45, 7) is 5.21. The molecule has 0 spiro atoms. The van der Waals surface area contributed by atoms with Crippen molar-refractivity contribution in [2.75, 3.05) is 19.8 Å². The standard InChI is InChI=1S/C12H13ClO3/c1-9-6-15-12(16-7-9)8-14-11-4-2-10(13)3-5-11/h2-5,12H,1,6-8H2. The van der Waals surface area contributed by atoms with Crippen molar-refractivity contribution in [2.24, 2.45) is 0 Å². The second-order valence-electron chi connectivity index (χ2n) is 3.57. The Balaban J connectivity index is 1.79. The highest BCUT2D eigenvalue weighted by molar-refractivity contribution is 6.30. The molecule has 0 radical (unpaired) electrons. The minimum atomic E-state index is -0.318. The van der Waals surface area contributed by atoms with E-state index < -0.39 is 0 Å². The summed E-state index contributed by atoms with van der Waals surface area (Å²) in [5.74, 6) is 0.751. The van der Waals surface area contributed by atoms with Gasteiger partial charge in [0.25, 0.3) is 0 Å². The topological polar surface area (TPSA) is 27.7 Å². The molecule has 0 saturated carbocycles. The first kappa shape index (κ1) is 11.5. The van der Waals surface area contributed by atoms with Crippen molar-refractivity contribution < 1.29 is 14.2 Å². The molecule has 0 amide bonds. The normalized spacial score (nSPS) is 17.4. The summed E-state index contributed by atoms with van der Waals surface area (Å²) in [6.07, 6.45) is -0.318. The van der Waals surface area contributed by atoms with Gasteiger partial charge in [0, 0.05) is 5.02 Å². The highest BCUT2D eigenvalue weighted by Gasteiger charge is 2.16. The molecule has 86 valence electrons. The maximum atomic E-state index is 5.76. The molecule has 1 aromatic carbocycles. The summed E-state index contributed by atoms with van der Waals surface area (Å²) in [7, 11) is 0. The molecule has 0 bridgehead atoms. The van der Waals surface area contributed by atoms with Crippen LogP contribution in [0.25, 0.3) is 0 Å². The number of hydrogen-bond acceptors (Lipinski definition) is 3. The van der Waals surface area contributed by atoms with Crippen LogP contribution in [-0.2, 0) is 9.47 Å². The summed E-state index contributed by atoms with van der Waals surface area (Å²) in [4.78, 5) is 0. The lowest BCUT2D eigenvalue weighted by molar-refractivity contribution is -0.170. The first-order valence-electron chi connectivity index (χ1n) is 5.02. The SMILES string of the molecule is C=C1COC(COc2ccc(Cl)cc2)OC1. The van der Waals surface area contributed by atoms with Crippen molar-refractivity contribution in [2.45, 2.75) is 6.29 Å². The number of benzene rings is 1. The van der Waals surface area contributed by atoms with Gasteiger partial charge in [-0.2, -0.15) is 0 Å². The van der Waals surface area contributed by atoms with Crippen LogP contribution in [0.15, 0.2) is 36.4 Å². The molecule has 1 fully saturated rings. The molecule has 0 N–H and O–H groups in total. The Kier molecular flexibility index (Phi) is 3.83. The highest BCUT2D eigenvalue weighted by atomic mass is 35.5. The largest absolute Gasteiger partial charge is 0.488 e. The van der Waals surface area contributed by atoms with Crippen LogP contribution in [0, 0.1) is 0 Å². The van der Waals surface area contributed by atoms with E-state index in [0.717, 1.165) is 11.3 Å². The Hall–Kier alpha value is -1.03. The zero-order valence-electron chi connectivity index (χ0n) is 8.82. The summed E-state index contributed by atoms with van der Waals surface area (Å²) in [5, 5.41) is 0.689. The molecule has 4 heteroatoms. The molecule has 2 rings (SSSR count). The Morgan fingerprint density at radius 2 is 1.88 bits per heavy atom. The van der Waals surface area contributed by atoms with Crippen LogP contribution in [0.1, 0.15) is 0 Å². The third-order valence-corrected chi connectivity index (χ3v) is 2.40. The van der Waals surface area contributed by atoms with Crippen LogP contribution >= 0.6 is 11.6 Å². The van der Waals surface area contributed by atoms with Crippen molar-refractivity contribution in [3.8, 4) is 5.75 Å². The molecule has 0 unspecified atom stereocenters. The zero-order valence-corrected chi connectivity index (χ0v) is 9.57. The summed E-state index contributed by atoms with van der Waals surface area (Å²) in [6, 6.07) is 7.18. The number of ether oxygens (including phenoxy) is 3. The van der Waals surface area contributed by atoms with Crippen molar-refractivity contribution in [1.82, 2.24) is 0 Å². The van der Waals surface area contributed by atoms with E-state index in [4.69, 9.17) is 25.8 Å². The Morgan fingerprint density at radius 3 is 2.50 bits per heavy atom. The van der Waals surface area contributed by atoms with Crippen LogP contribution in [0.2, 0.25) is 5.02 Å². The molecule has 1 heterocycles. The number of hydrogen-bond donors (Lipinski definition) is 0. The van der Waals surface area contributed by atoms with Crippen molar-refractivity contribution in [1.29, 1.82) is 0 Å². The van der Waals surface area contributed by atoms with Crippen LogP contribution < -0.4 is 4.74 Å². The van der Waals surface area contributed by atoms with Gasteiger partial charge in [-0.3, -0.25) is 0 Å². The molecule has 0 atom stereocenters. The van der Waals surface area contributed by atoms with Crippen molar-refractivity contribution >= 4 is 11.6 Å². The number of rotatable bonds is 3. The Bertz CT molecular complexity index is 351. The van der Waals surface area contributed by atoms with Gasteiger partial charge in [-0.1, -0.05) is 18.2 Å². The zero-order chi connectivity index (χ0) is 11.4.